The van der Waals surface area contributed by atoms with Gasteiger partial charge in [0, 0.05) is 31.0 Å². The molecule has 0 radical (unpaired) electrons. The van der Waals surface area contributed by atoms with Crippen LogP contribution in [0.1, 0.15) is 19.8 Å². The van der Waals surface area contributed by atoms with Crippen LogP contribution >= 0.6 is 0 Å². The van der Waals surface area contributed by atoms with E-state index < -0.39 is 12.0 Å². The number of nitrogens with zero attached hydrogens (tertiary/aromatic N) is 3. The van der Waals surface area contributed by atoms with Crippen LogP contribution in [-0.2, 0) is 4.79 Å². The van der Waals surface area contributed by atoms with Gasteiger partial charge in [-0.25, -0.2) is 0 Å². The lowest BCUT2D eigenvalue weighted by Gasteiger charge is -2.28. The number of anilines is 2. The van der Waals surface area contributed by atoms with Crippen molar-refractivity contribution in [2.75, 3.05) is 23.4 Å². The Balaban J connectivity index is 1.94. The van der Waals surface area contributed by atoms with E-state index in [0.29, 0.717) is 6.42 Å². The first-order valence-corrected chi connectivity index (χ1v) is 7.27. The lowest BCUT2D eigenvalue weighted by Crippen LogP contribution is -2.40. The standard InChI is InChI=1S/C15H19N3O3/c1-10-7-8-16(2)12-5-3-4-6-13(12)17(10)15(19)11-9-14(11)18(20)21/h3-6,10-11,14H,7-9H2,1-2H3. The van der Waals surface area contributed by atoms with Crippen molar-refractivity contribution in [1.82, 2.24) is 0 Å². The third-order valence-electron chi connectivity index (χ3n) is 4.46. The van der Waals surface area contributed by atoms with E-state index in [9.17, 15) is 14.9 Å². The van der Waals surface area contributed by atoms with Crippen LogP contribution in [0.25, 0.3) is 0 Å². The number of hydrogen-bond donors (Lipinski definition) is 0. The zero-order chi connectivity index (χ0) is 15.1. The summed E-state index contributed by atoms with van der Waals surface area (Å²) in [6.45, 7) is 2.88. The van der Waals surface area contributed by atoms with Crippen LogP contribution in [0.5, 0.6) is 0 Å². The molecule has 1 aliphatic heterocycles. The Hall–Kier alpha value is -2.11. The molecule has 0 spiro atoms. The number of nitro groups is 1. The molecule has 0 saturated heterocycles. The van der Waals surface area contributed by atoms with Gasteiger partial charge >= 0.3 is 0 Å². The van der Waals surface area contributed by atoms with Crippen LogP contribution in [0.15, 0.2) is 24.3 Å². The molecule has 112 valence electrons. The Morgan fingerprint density at radius 3 is 2.62 bits per heavy atom. The topological polar surface area (TPSA) is 66.7 Å². The van der Waals surface area contributed by atoms with Crippen molar-refractivity contribution in [2.24, 2.45) is 5.92 Å². The fraction of sp³-hybridized carbons (Fsp3) is 0.533. The van der Waals surface area contributed by atoms with E-state index in [-0.39, 0.29) is 16.9 Å². The SMILES string of the molecule is CC1CCN(C)c2ccccc2N1C(=O)C1CC1[N+](=O)[O-]. The second-order valence-electron chi connectivity index (χ2n) is 5.95. The maximum absolute atomic E-state index is 12.7. The predicted octanol–water partition coefficient (Wildman–Crippen LogP) is 1.91. The number of carbonyl (C=O) groups excluding carboxylic acids is 1. The third kappa shape index (κ3) is 2.34. The average molecular weight is 289 g/mol. The summed E-state index contributed by atoms with van der Waals surface area (Å²) < 4.78 is 0. The van der Waals surface area contributed by atoms with Gasteiger partial charge < -0.3 is 9.80 Å². The molecule has 1 amide bonds. The van der Waals surface area contributed by atoms with Crippen molar-refractivity contribution in [3.05, 3.63) is 34.4 Å². The highest BCUT2D eigenvalue weighted by molar-refractivity contribution is 6.00. The molecule has 1 fully saturated rings. The van der Waals surface area contributed by atoms with Gasteiger partial charge in [0.2, 0.25) is 11.9 Å². The van der Waals surface area contributed by atoms with Crippen molar-refractivity contribution < 1.29 is 9.72 Å². The molecule has 1 aliphatic carbocycles. The highest BCUT2D eigenvalue weighted by atomic mass is 16.6. The van der Waals surface area contributed by atoms with E-state index in [1.165, 1.54) is 0 Å². The van der Waals surface area contributed by atoms with Crippen molar-refractivity contribution in [3.63, 3.8) is 0 Å². The van der Waals surface area contributed by atoms with Gasteiger partial charge in [-0.2, -0.15) is 0 Å². The van der Waals surface area contributed by atoms with Crippen LogP contribution < -0.4 is 9.80 Å². The van der Waals surface area contributed by atoms with Crippen molar-refractivity contribution in [1.29, 1.82) is 0 Å². The number of fused-ring (bicyclic) bond motifs is 1. The molecule has 1 heterocycles. The summed E-state index contributed by atoms with van der Waals surface area (Å²) in [5.41, 5.74) is 1.87. The summed E-state index contributed by atoms with van der Waals surface area (Å²) in [4.78, 5) is 27.1. The fourth-order valence-electron chi connectivity index (χ4n) is 3.05. The number of hydrogen-bond acceptors (Lipinski definition) is 4. The molecule has 1 saturated carbocycles. The molecule has 2 aliphatic rings. The monoisotopic (exact) mass is 289 g/mol. The van der Waals surface area contributed by atoms with Gasteiger partial charge in [-0.3, -0.25) is 14.9 Å². The summed E-state index contributed by atoms with van der Waals surface area (Å²) in [6, 6.07) is 7.13. The van der Waals surface area contributed by atoms with E-state index >= 15 is 0 Å². The number of amides is 1. The lowest BCUT2D eigenvalue weighted by molar-refractivity contribution is -0.497. The average Bonchev–Trinajstić information content (AvgIpc) is 3.26. The quantitative estimate of drug-likeness (QED) is 0.616. The summed E-state index contributed by atoms with van der Waals surface area (Å²) >= 11 is 0. The highest BCUT2D eigenvalue weighted by Crippen LogP contribution is 2.40. The summed E-state index contributed by atoms with van der Waals surface area (Å²) in [6.07, 6.45) is 1.22. The molecule has 0 aromatic heterocycles. The van der Waals surface area contributed by atoms with E-state index in [2.05, 4.69) is 4.90 Å². The van der Waals surface area contributed by atoms with Crippen molar-refractivity contribution >= 4 is 17.3 Å². The molecule has 6 nitrogen and oxygen atoms in total. The number of benzene rings is 1. The zero-order valence-electron chi connectivity index (χ0n) is 12.2. The summed E-state index contributed by atoms with van der Waals surface area (Å²) in [5, 5.41) is 10.8. The van der Waals surface area contributed by atoms with E-state index in [4.69, 9.17) is 0 Å². The molecular weight excluding hydrogens is 270 g/mol. The van der Waals surface area contributed by atoms with Crippen LogP contribution in [0.3, 0.4) is 0 Å². The van der Waals surface area contributed by atoms with Crippen molar-refractivity contribution in [2.45, 2.75) is 31.8 Å². The van der Waals surface area contributed by atoms with Crippen LogP contribution in [0, 0.1) is 16.0 Å². The Labute approximate surface area is 123 Å². The Bertz CT molecular complexity index is 589. The summed E-state index contributed by atoms with van der Waals surface area (Å²) in [5.74, 6) is -0.564. The highest BCUT2D eigenvalue weighted by Gasteiger charge is 2.55. The minimum Gasteiger partial charge on any atom is -0.373 e. The molecular formula is C15H19N3O3. The first-order valence-electron chi connectivity index (χ1n) is 7.27. The smallest absolute Gasteiger partial charge is 0.237 e. The fourth-order valence-corrected chi connectivity index (χ4v) is 3.05. The van der Waals surface area contributed by atoms with Gasteiger partial charge in [0.15, 0.2) is 0 Å². The van der Waals surface area contributed by atoms with Crippen LogP contribution in [0.4, 0.5) is 11.4 Å². The van der Waals surface area contributed by atoms with Gasteiger partial charge in [-0.05, 0) is 25.5 Å². The number of carbonyl (C=O) groups is 1. The van der Waals surface area contributed by atoms with Gasteiger partial charge in [0.1, 0.15) is 5.92 Å². The first kappa shape index (κ1) is 13.9. The second-order valence-corrected chi connectivity index (χ2v) is 5.95. The van der Waals surface area contributed by atoms with E-state index in [1.54, 1.807) is 4.90 Å². The third-order valence-corrected chi connectivity index (χ3v) is 4.46. The minimum atomic E-state index is -0.696. The molecule has 21 heavy (non-hydrogen) atoms. The summed E-state index contributed by atoms with van der Waals surface area (Å²) in [7, 11) is 2.01. The molecule has 3 unspecified atom stereocenters. The van der Waals surface area contributed by atoms with Gasteiger partial charge in [0.05, 0.1) is 11.4 Å². The molecule has 0 N–H and O–H groups in total. The zero-order valence-corrected chi connectivity index (χ0v) is 12.2. The maximum atomic E-state index is 12.7. The predicted molar refractivity (Wildman–Crippen MR) is 80.2 cm³/mol. The first-order chi connectivity index (χ1) is 10.0. The number of rotatable bonds is 2. The minimum absolute atomic E-state index is 0.0524. The Kier molecular flexibility index (Phi) is 3.31. The van der Waals surface area contributed by atoms with Crippen LogP contribution in [0.2, 0.25) is 0 Å². The van der Waals surface area contributed by atoms with Gasteiger partial charge in [-0.1, -0.05) is 12.1 Å². The normalized spacial score (nSPS) is 27.8. The molecule has 3 rings (SSSR count). The molecule has 3 atom stereocenters. The lowest BCUT2D eigenvalue weighted by atomic mass is 10.1. The van der Waals surface area contributed by atoms with E-state index in [0.717, 1.165) is 24.3 Å². The van der Waals surface area contributed by atoms with Gasteiger partial charge in [0.25, 0.3) is 0 Å². The maximum Gasteiger partial charge on any atom is 0.237 e. The number of para-hydroxylation sites is 2. The van der Waals surface area contributed by atoms with Crippen molar-refractivity contribution in [3.8, 4) is 0 Å². The van der Waals surface area contributed by atoms with Gasteiger partial charge in [-0.15, -0.1) is 0 Å². The Morgan fingerprint density at radius 2 is 2.00 bits per heavy atom. The van der Waals surface area contributed by atoms with E-state index in [1.807, 2.05) is 38.2 Å². The molecule has 0 bridgehead atoms. The largest absolute Gasteiger partial charge is 0.373 e. The Morgan fingerprint density at radius 1 is 1.33 bits per heavy atom. The molecule has 1 aromatic carbocycles. The van der Waals surface area contributed by atoms with Crippen LogP contribution in [-0.4, -0.2) is 36.5 Å². The second kappa shape index (κ2) is 5.02. The molecule has 1 aromatic rings. The molecule has 6 heteroatoms.